The quantitative estimate of drug-likeness (QED) is 0.884. The number of carbonyl (C=O) groups excluding carboxylic acids is 1. The van der Waals surface area contributed by atoms with Crippen molar-refractivity contribution in [2.75, 3.05) is 6.61 Å². The van der Waals surface area contributed by atoms with Crippen LogP contribution in [0, 0.1) is 0 Å². The van der Waals surface area contributed by atoms with Gasteiger partial charge in [0, 0.05) is 6.42 Å². The van der Waals surface area contributed by atoms with Crippen molar-refractivity contribution in [3.63, 3.8) is 0 Å². The van der Waals surface area contributed by atoms with E-state index in [4.69, 9.17) is 4.74 Å². The number of piperidine rings is 1. The molecular weight excluding hydrogens is 242 g/mol. The number of carbonyl (C=O) groups is 1. The molecule has 4 heteroatoms. The molecule has 0 aromatic heterocycles. The lowest BCUT2D eigenvalue weighted by Gasteiger charge is -2.39. The molecular formula is C15H19NO3. The van der Waals surface area contributed by atoms with Crippen molar-refractivity contribution in [2.24, 2.45) is 0 Å². The number of hydrogen-bond donors (Lipinski definition) is 1. The van der Waals surface area contributed by atoms with E-state index in [9.17, 15) is 9.90 Å². The lowest BCUT2D eigenvalue weighted by molar-refractivity contribution is -0.159. The summed E-state index contributed by atoms with van der Waals surface area (Å²) in [6.45, 7) is 1.89. The number of hydrogen-bond acceptors (Lipinski definition) is 3. The van der Waals surface area contributed by atoms with Gasteiger partial charge in [-0.2, -0.15) is 0 Å². The van der Waals surface area contributed by atoms with Gasteiger partial charge in [-0.1, -0.05) is 30.3 Å². The van der Waals surface area contributed by atoms with Gasteiger partial charge in [-0.05, 0) is 25.3 Å². The van der Waals surface area contributed by atoms with Gasteiger partial charge in [-0.15, -0.1) is 0 Å². The standard InChI is InChI=1S/C15H19NO3/c1-15-9-5-8-13(18)16(15)12(10-17)14(19-15)11-6-3-2-4-7-11/h2-4,6-7,12,14,17H,5,8-10H2,1H3/t12-,14+,15-/m0/s1. The highest BCUT2D eigenvalue weighted by atomic mass is 16.5. The lowest BCUT2D eigenvalue weighted by Crippen LogP contribution is -2.53. The van der Waals surface area contributed by atoms with E-state index in [1.54, 1.807) is 4.90 Å². The molecule has 1 N–H and O–H groups in total. The monoisotopic (exact) mass is 261 g/mol. The van der Waals surface area contributed by atoms with Crippen LogP contribution in [-0.4, -0.2) is 34.3 Å². The number of ether oxygens (including phenoxy) is 1. The van der Waals surface area contributed by atoms with Crippen LogP contribution in [0.25, 0.3) is 0 Å². The SMILES string of the molecule is C[C@]12CCCC(=O)N1[C@@H](CO)[C@@H](c1ccccc1)O2. The highest BCUT2D eigenvalue weighted by molar-refractivity contribution is 5.78. The highest BCUT2D eigenvalue weighted by Crippen LogP contribution is 2.45. The zero-order valence-electron chi connectivity index (χ0n) is 11.1. The third kappa shape index (κ3) is 1.95. The Morgan fingerprint density at radius 1 is 1.42 bits per heavy atom. The molecule has 0 saturated carbocycles. The molecule has 4 nitrogen and oxygen atoms in total. The Labute approximate surface area is 113 Å². The fraction of sp³-hybridized carbons (Fsp3) is 0.533. The molecule has 1 amide bonds. The molecule has 0 aliphatic carbocycles. The summed E-state index contributed by atoms with van der Waals surface area (Å²) < 4.78 is 6.16. The minimum Gasteiger partial charge on any atom is -0.394 e. The third-order valence-electron chi connectivity index (χ3n) is 4.19. The van der Waals surface area contributed by atoms with E-state index in [1.807, 2.05) is 37.3 Å². The number of aliphatic hydroxyl groups is 1. The summed E-state index contributed by atoms with van der Waals surface area (Å²) in [5.74, 6) is 0.0891. The van der Waals surface area contributed by atoms with Crippen molar-refractivity contribution in [3.05, 3.63) is 35.9 Å². The van der Waals surface area contributed by atoms with Gasteiger partial charge in [-0.3, -0.25) is 4.79 Å². The van der Waals surface area contributed by atoms with Gasteiger partial charge in [0.05, 0.1) is 12.6 Å². The molecule has 3 atom stereocenters. The summed E-state index contributed by atoms with van der Waals surface area (Å²) in [7, 11) is 0. The number of fused-ring (bicyclic) bond motifs is 1. The summed E-state index contributed by atoms with van der Waals surface area (Å²) in [5, 5.41) is 9.70. The molecule has 1 aromatic carbocycles. The van der Waals surface area contributed by atoms with E-state index in [1.165, 1.54) is 0 Å². The van der Waals surface area contributed by atoms with Crippen LogP contribution in [0.4, 0.5) is 0 Å². The predicted octanol–water partition coefficient (Wildman–Crippen LogP) is 1.85. The Balaban J connectivity index is 1.97. The van der Waals surface area contributed by atoms with Crippen LogP contribution in [0.1, 0.15) is 37.9 Å². The molecule has 2 fully saturated rings. The maximum atomic E-state index is 12.2. The zero-order chi connectivity index (χ0) is 13.5. The normalized spacial score (nSPS) is 34.4. The average molecular weight is 261 g/mol. The molecule has 2 aliphatic heterocycles. The second-order valence-corrected chi connectivity index (χ2v) is 5.49. The number of benzene rings is 1. The molecule has 0 unspecified atom stereocenters. The summed E-state index contributed by atoms with van der Waals surface area (Å²) in [6, 6.07) is 9.55. The van der Waals surface area contributed by atoms with Crippen LogP contribution in [0.3, 0.4) is 0 Å². The fourth-order valence-electron chi connectivity index (χ4n) is 3.32. The first-order valence-corrected chi connectivity index (χ1v) is 6.81. The second-order valence-electron chi connectivity index (χ2n) is 5.49. The van der Waals surface area contributed by atoms with Crippen molar-refractivity contribution in [1.82, 2.24) is 4.90 Å². The highest BCUT2D eigenvalue weighted by Gasteiger charge is 2.53. The summed E-state index contributed by atoms with van der Waals surface area (Å²) in [6.07, 6.45) is 2.00. The van der Waals surface area contributed by atoms with Crippen molar-refractivity contribution in [2.45, 2.75) is 44.1 Å². The number of amides is 1. The topological polar surface area (TPSA) is 49.8 Å². The van der Waals surface area contributed by atoms with Crippen LogP contribution in [-0.2, 0) is 9.53 Å². The Hall–Kier alpha value is -1.39. The second kappa shape index (κ2) is 4.62. The van der Waals surface area contributed by atoms with Gasteiger partial charge in [0.15, 0.2) is 0 Å². The molecule has 0 spiro atoms. The minimum atomic E-state index is -0.566. The third-order valence-corrected chi connectivity index (χ3v) is 4.19. The lowest BCUT2D eigenvalue weighted by atomic mass is 9.97. The molecule has 102 valence electrons. The molecule has 2 aliphatic rings. The van der Waals surface area contributed by atoms with Crippen LogP contribution in [0.15, 0.2) is 30.3 Å². The molecule has 2 saturated heterocycles. The van der Waals surface area contributed by atoms with Crippen molar-refractivity contribution in [3.8, 4) is 0 Å². The molecule has 2 heterocycles. The molecule has 0 radical (unpaired) electrons. The number of aliphatic hydroxyl groups excluding tert-OH is 1. The van der Waals surface area contributed by atoms with Crippen LogP contribution >= 0.6 is 0 Å². The fourth-order valence-corrected chi connectivity index (χ4v) is 3.32. The van der Waals surface area contributed by atoms with E-state index in [0.29, 0.717) is 6.42 Å². The van der Waals surface area contributed by atoms with E-state index in [2.05, 4.69) is 0 Å². The predicted molar refractivity (Wildman–Crippen MR) is 70.2 cm³/mol. The molecule has 1 aromatic rings. The van der Waals surface area contributed by atoms with Gasteiger partial charge in [0.25, 0.3) is 0 Å². The molecule has 0 bridgehead atoms. The van der Waals surface area contributed by atoms with Crippen molar-refractivity contribution in [1.29, 1.82) is 0 Å². The van der Waals surface area contributed by atoms with E-state index >= 15 is 0 Å². The van der Waals surface area contributed by atoms with Gasteiger partial charge in [0.1, 0.15) is 11.8 Å². The maximum absolute atomic E-state index is 12.2. The van der Waals surface area contributed by atoms with Crippen LogP contribution in [0.5, 0.6) is 0 Å². The number of rotatable bonds is 2. The summed E-state index contributed by atoms with van der Waals surface area (Å²) in [4.78, 5) is 13.9. The van der Waals surface area contributed by atoms with Crippen LogP contribution in [0.2, 0.25) is 0 Å². The Bertz CT molecular complexity index is 476. The van der Waals surface area contributed by atoms with E-state index in [0.717, 1.165) is 18.4 Å². The number of nitrogens with zero attached hydrogens (tertiary/aromatic N) is 1. The summed E-state index contributed by atoms with van der Waals surface area (Å²) >= 11 is 0. The zero-order valence-corrected chi connectivity index (χ0v) is 11.1. The Morgan fingerprint density at radius 3 is 2.84 bits per heavy atom. The molecule has 3 rings (SSSR count). The maximum Gasteiger partial charge on any atom is 0.225 e. The summed E-state index contributed by atoms with van der Waals surface area (Å²) in [5.41, 5.74) is 0.452. The first kappa shape index (κ1) is 12.6. The largest absolute Gasteiger partial charge is 0.394 e. The first-order chi connectivity index (χ1) is 9.15. The van der Waals surface area contributed by atoms with E-state index < -0.39 is 5.72 Å². The smallest absolute Gasteiger partial charge is 0.225 e. The average Bonchev–Trinajstić information content (AvgIpc) is 2.74. The van der Waals surface area contributed by atoms with E-state index in [-0.39, 0.29) is 24.7 Å². The van der Waals surface area contributed by atoms with Gasteiger partial charge in [-0.25, -0.2) is 0 Å². The molecule has 19 heavy (non-hydrogen) atoms. The van der Waals surface area contributed by atoms with Crippen molar-refractivity contribution >= 4 is 5.91 Å². The van der Waals surface area contributed by atoms with Gasteiger partial charge < -0.3 is 14.7 Å². The Kier molecular flexibility index (Phi) is 3.07. The van der Waals surface area contributed by atoms with Crippen LogP contribution < -0.4 is 0 Å². The first-order valence-electron chi connectivity index (χ1n) is 6.81. The van der Waals surface area contributed by atoms with Gasteiger partial charge >= 0.3 is 0 Å². The Morgan fingerprint density at radius 2 is 2.16 bits per heavy atom. The minimum absolute atomic E-state index is 0.0686. The van der Waals surface area contributed by atoms with Crippen molar-refractivity contribution < 1.29 is 14.6 Å². The van der Waals surface area contributed by atoms with Gasteiger partial charge in [0.2, 0.25) is 5.91 Å².